The van der Waals surface area contributed by atoms with E-state index < -0.39 is 0 Å². The quantitative estimate of drug-likeness (QED) is 0.811. The Balaban J connectivity index is 1.21. The molecular formula is C22H28N4O2. The van der Waals surface area contributed by atoms with Gasteiger partial charge in [0.2, 0.25) is 0 Å². The number of benzene rings is 1. The Labute approximate surface area is 166 Å². The van der Waals surface area contributed by atoms with Crippen molar-refractivity contribution in [3.8, 4) is 11.5 Å². The van der Waals surface area contributed by atoms with Crippen molar-refractivity contribution in [2.45, 2.75) is 31.7 Å². The SMILES string of the molecule is c1cnnc(N2CCC(CN3CCCC3c3ccc4c(c3)OCCO4)CC2)c1. The molecule has 4 heterocycles. The lowest BCUT2D eigenvalue weighted by molar-refractivity contribution is 0.169. The van der Waals surface area contributed by atoms with Gasteiger partial charge in [0, 0.05) is 31.9 Å². The van der Waals surface area contributed by atoms with E-state index in [1.165, 1.54) is 44.3 Å². The second-order valence-electron chi connectivity index (χ2n) is 8.07. The molecule has 0 bridgehead atoms. The zero-order chi connectivity index (χ0) is 18.8. The Morgan fingerprint density at radius 2 is 1.82 bits per heavy atom. The topological polar surface area (TPSA) is 50.7 Å². The van der Waals surface area contributed by atoms with Crippen LogP contribution in [0.4, 0.5) is 5.82 Å². The lowest BCUT2D eigenvalue weighted by atomic mass is 9.95. The molecule has 28 heavy (non-hydrogen) atoms. The van der Waals surface area contributed by atoms with Gasteiger partial charge in [-0.1, -0.05) is 6.07 Å². The van der Waals surface area contributed by atoms with Gasteiger partial charge < -0.3 is 14.4 Å². The summed E-state index contributed by atoms with van der Waals surface area (Å²) in [5, 5.41) is 8.28. The molecule has 3 aliphatic rings. The van der Waals surface area contributed by atoms with Crippen molar-refractivity contribution < 1.29 is 9.47 Å². The first kappa shape index (κ1) is 17.7. The summed E-state index contributed by atoms with van der Waals surface area (Å²) in [6.45, 7) is 5.83. The highest BCUT2D eigenvalue weighted by Crippen LogP contribution is 2.39. The van der Waals surface area contributed by atoms with E-state index in [1.54, 1.807) is 6.20 Å². The van der Waals surface area contributed by atoms with Crippen LogP contribution in [0.3, 0.4) is 0 Å². The average molecular weight is 380 g/mol. The number of piperidine rings is 1. The zero-order valence-electron chi connectivity index (χ0n) is 16.3. The van der Waals surface area contributed by atoms with E-state index >= 15 is 0 Å². The van der Waals surface area contributed by atoms with Crippen LogP contribution in [0, 0.1) is 5.92 Å². The summed E-state index contributed by atoms with van der Waals surface area (Å²) < 4.78 is 11.5. The predicted octanol–water partition coefficient (Wildman–Crippen LogP) is 3.30. The van der Waals surface area contributed by atoms with E-state index in [-0.39, 0.29) is 0 Å². The summed E-state index contributed by atoms with van der Waals surface area (Å²) in [4.78, 5) is 5.06. The van der Waals surface area contributed by atoms with E-state index in [0.29, 0.717) is 19.3 Å². The fourth-order valence-corrected chi connectivity index (χ4v) is 4.83. The first-order valence-corrected chi connectivity index (χ1v) is 10.5. The van der Waals surface area contributed by atoms with Gasteiger partial charge in [0.15, 0.2) is 17.3 Å². The monoisotopic (exact) mass is 380 g/mol. The Morgan fingerprint density at radius 1 is 0.964 bits per heavy atom. The van der Waals surface area contributed by atoms with Crippen molar-refractivity contribution >= 4 is 5.82 Å². The molecule has 5 rings (SSSR count). The molecule has 0 radical (unpaired) electrons. The van der Waals surface area contributed by atoms with Crippen LogP contribution < -0.4 is 14.4 Å². The minimum atomic E-state index is 0.508. The van der Waals surface area contributed by atoms with Gasteiger partial charge in [-0.05, 0) is 68.0 Å². The van der Waals surface area contributed by atoms with Crippen molar-refractivity contribution in [3.05, 3.63) is 42.1 Å². The van der Waals surface area contributed by atoms with Crippen LogP contribution in [0.25, 0.3) is 0 Å². The first-order valence-electron chi connectivity index (χ1n) is 10.5. The number of hydrogen-bond donors (Lipinski definition) is 0. The molecule has 1 aromatic carbocycles. The molecule has 1 unspecified atom stereocenters. The van der Waals surface area contributed by atoms with Crippen LogP contribution in [0.1, 0.15) is 37.3 Å². The third-order valence-electron chi connectivity index (χ3n) is 6.30. The number of fused-ring (bicyclic) bond motifs is 1. The van der Waals surface area contributed by atoms with Crippen LogP contribution in [0.2, 0.25) is 0 Å². The zero-order valence-corrected chi connectivity index (χ0v) is 16.3. The van der Waals surface area contributed by atoms with Crippen molar-refractivity contribution in [2.75, 3.05) is 44.3 Å². The maximum absolute atomic E-state index is 5.80. The van der Waals surface area contributed by atoms with Gasteiger partial charge in [-0.15, -0.1) is 5.10 Å². The molecule has 3 aliphatic heterocycles. The smallest absolute Gasteiger partial charge is 0.161 e. The molecule has 0 spiro atoms. The highest BCUT2D eigenvalue weighted by Gasteiger charge is 2.30. The lowest BCUT2D eigenvalue weighted by Crippen LogP contribution is -2.39. The normalized spacial score (nSPS) is 23.1. The van der Waals surface area contributed by atoms with Crippen LogP contribution >= 0.6 is 0 Å². The maximum atomic E-state index is 5.80. The molecule has 0 aliphatic carbocycles. The molecule has 6 heteroatoms. The molecule has 1 atom stereocenters. The minimum absolute atomic E-state index is 0.508. The molecule has 0 saturated carbocycles. The van der Waals surface area contributed by atoms with Gasteiger partial charge in [-0.3, -0.25) is 4.90 Å². The summed E-state index contributed by atoms with van der Waals surface area (Å²) >= 11 is 0. The van der Waals surface area contributed by atoms with Gasteiger partial charge in [0.05, 0.1) is 0 Å². The van der Waals surface area contributed by atoms with Crippen molar-refractivity contribution in [1.29, 1.82) is 0 Å². The fourth-order valence-electron chi connectivity index (χ4n) is 4.83. The van der Waals surface area contributed by atoms with Crippen molar-refractivity contribution in [3.63, 3.8) is 0 Å². The van der Waals surface area contributed by atoms with E-state index in [4.69, 9.17) is 9.47 Å². The van der Waals surface area contributed by atoms with E-state index in [2.05, 4.69) is 44.3 Å². The fraction of sp³-hybridized carbons (Fsp3) is 0.545. The van der Waals surface area contributed by atoms with Crippen LogP contribution in [0.15, 0.2) is 36.5 Å². The lowest BCUT2D eigenvalue weighted by Gasteiger charge is -2.36. The standard InChI is InChI=1S/C22H28N4O2/c1-4-22(24-23-9-1)25-11-7-17(8-12-25)16-26-10-2-3-19(26)18-5-6-20-21(15-18)28-14-13-27-20/h1,4-6,9,15,17,19H,2-3,7-8,10-14,16H2. The van der Waals surface area contributed by atoms with Gasteiger partial charge in [-0.25, -0.2) is 0 Å². The maximum Gasteiger partial charge on any atom is 0.161 e. The highest BCUT2D eigenvalue weighted by molar-refractivity contribution is 5.45. The second kappa shape index (κ2) is 7.95. The second-order valence-corrected chi connectivity index (χ2v) is 8.07. The summed E-state index contributed by atoms with van der Waals surface area (Å²) in [6.07, 6.45) is 6.69. The molecule has 2 saturated heterocycles. The predicted molar refractivity (Wildman–Crippen MR) is 108 cm³/mol. The molecule has 148 valence electrons. The number of rotatable bonds is 4. The van der Waals surface area contributed by atoms with E-state index in [0.717, 1.165) is 36.3 Å². The van der Waals surface area contributed by atoms with Crippen molar-refractivity contribution in [2.24, 2.45) is 5.92 Å². The third kappa shape index (κ3) is 3.65. The Morgan fingerprint density at radius 3 is 2.64 bits per heavy atom. The number of ether oxygens (including phenoxy) is 2. The third-order valence-corrected chi connectivity index (χ3v) is 6.30. The number of hydrogen-bond acceptors (Lipinski definition) is 6. The molecular weight excluding hydrogens is 352 g/mol. The van der Waals surface area contributed by atoms with Crippen LogP contribution in [-0.4, -0.2) is 54.5 Å². The molecule has 0 N–H and O–H groups in total. The number of anilines is 1. The summed E-state index contributed by atoms with van der Waals surface area (Å²) in [5.74, 6) is 3.56. The number of aromatic nitrogens is 2. The van der Waals surface area contributed by atoms with E-state index in [9.17, 15) is 0 Å². The van der Waals surface area contributed by atoms with Gasteiger partial charge in [0.25, 0.3) is 0 Å². The summed E-state index contributed by atoms with van der Waals surface area (Å²) in [7, 11) is 0. The molecule has 6 nitrogen and oxygen atoms in total. The number of likely N-dealkylation sites (tertiary alicyclic amines) is 1. The van der Waals surface area contributed by atoms with Crippen LogP contribution in [-0.2, 0) is 0 Å². The van der Waals surface area contributed by atoms with Gasteiger partial charge in [-0.2, -0.15) is 5.10 Å². The first-order chi connectivity index (χ1) is 13.9. The van der Waals surface area contributed by atoms with Crippen molar-refractivity contribution in [1.82, 2.24) is 15.1 Å². The molecule has 2 aromatic rings. The molecule has 1 aromatic heterocycles. The van der Waals surface area contributed by atoms with E-state index in [1.807, 2.05) is 6.07 Å². The highest BCUT2D eigenvalue weighted by atomic mass is 16.6. The summed E-state index contributed by atoms with van der Waals surface area (Å²) in [5.41, 5.74) is 1.37. The number of nitrogens with zero attached hydrogens (tertiary/aromatic N) is 4. The van der Waals surface area contributed by atoms with Crippen LogP contribution in [0.5, 0.6) is 11.5 Å². The summed E-state index contributed by atoms with van der Waals surface area (Å²) in [6, 6.07) is 11.1. The Bertz CT molecular complexity index is 792. The molecule has 2 fully saturated rings. The van der Waals surface area contributed by atoms with Gasteiger partial charge >= 0.3 is 0 Å². The van der Waals surface area contributed by atoms with Gasteiger partial charge in [0.1, 0.15) is 13.2 Å². The molecule has 0 amide bonds. The Hall–Kier alpha value is -2.34. The minimum Gasteiger partial charge on any atom is -0.486 e. The largest absolute Gasteiger partial charge is 0.486 e. The average Bonchev–Trinajstić information content (AvgIpc) is 3.23. The Kier molecular flexibility index (Phi) is 5.04.